The van der Waals surface area contributed by atoms with Crippen molar-refractivity contribution in [2.75, 3.05) is 0 Å². The van der Waals surface area contributed by atoms with E-state index in [1.54, 1.807) is 0 Å². The molecule has 0 aliphatic heterocycles. The quantitative estimate of drug-likeness (QED) is 0.213. The molecule has 0 amide bonds. The van der Waals surface area contributed by atoms with E-state index >= 15 is 0 Å². The molecular weight excluding hydrogens is 478 g/mol. The van der Waals surface area contributed by atoms with Crippen molar-refractivity contribution >= 4 is 243 Å². The summed E-state index contributed by atoms with van der Waals surface area (Å²) in [5.41, 5.74) is 27.5. The number of H-pyrrole nitrogens is 1. The summed E-state index contributed by atoms with van der Waals surface area (Å²) in [5, 5.41) is 5.62. The fraction of sp³-hybridized carbons (Fsp3) is 0. The molecular formula is C24H31B15N2. The van der Waals surface area contributed by atoms with Crippen LogP contribution in [0.1, 0.15) is 0 Å². The molecule has 0 saturated carbocycles. The molecule has 2 heterocycles. The zero-order valence-electron chi connectivity index (χ0n) is 27.9. The summed E-state index contributed by atoms with van der Waals surface area (Å²) < 4.78 is 2.66. The monoisotopic (exact) mass is 512 g/mol. The van der Waals surface area contributed by atoms with Crippen molar-refractivity contribution in [2.45, 2.75) is 0 Å². The van der Waals surface area contributed by atoms with Gasteiger partial charge >= 0.3 is 0 Å². The smallest absolute Gasteiger partial charge is 0.141 e. The molecule has 0 fully saturated rings. The molecule has 6 rings (SSSR count). The lowest BCUT2D eigenvalue weighted by molar-refractivity contribution is 1.22. The zero-order chi connectivity index (χ0) is 30.1. The van der Waals surface area contributed by atoms with Gasteiger partial charge in [-0.05, 0) is 16.2 Å². The Morgan fingerprint density at radius 2 is 0.610 bits per heavy atom. The van der Waals surface area contributed by atoms with E-state index in [1.807, 2.05) is 0 Å². The molecule has 0 unspecified atom stereocenters. The first-order chi connectivity index (χ1) is 19.1. The molecule has 0 radical (unpaired) electrons. The van der Waals surface area contributed by atoms with Crippen LogP contribution < -0.4 is 81.9 Å². The van der Waals surface area contributed by atoms with Gasteiger partial charge in [-0.3, -0.25) is 0 Å². The van der Waals surface area contributed by atoms with Crippen molar-refractivity contribution in [2.24, 2.45) is 0 Å². The predicted octanol–water partition coefficient (Wildman–Crippen LogP) is -19.7. The Kier molecular flexibility index (Phi) is 6.43. The van der Waals surface area contributed by atoms with Crippen LogP contribution in [0.5, 0.6) is 0 Å². The van der Waals surface area contributed by atoms with E-state index < -0.39 is 0 Å². The fourth-order valence-electron chi connectivity index (χ4n) is 7.85. The average molecular weight is 510 g/mol. The van der Waals surface area contributed by atoms with Gasteiger partial charge in [0, 0.05) is 21.9 Å². The molecule has 0 aliphatic rings. The van der Waals surface area contributed by atoms with Gasteiger partial charge in [-0.15, -0.1) is 16.4 Å². The van der Waals surface area contributed by atoms with Crippen LogP contribution in [0.3, 0.4) is 0 Å². The molecule has 0 atom stereocenters. The van der Waals surface area contributed by atoms with E-state index in [0.717, 1.165) is 0 Å². The van der Waals surface area contributed by atoms with Crippen molar-refractivity contribution in [3.05, 3.63) is 0 Å². The molecule has 6 aromatic rings. The molecule has 4 aromatic carbocycles. The van der Waals surface area contributed by atoms with E-state index in [2.05, 4.69) is 127 Å². The van der Waals surface area contributed by atoms with Gasteiger partial charge in [0.05, 0.1) is 11.2 Å². The molecule has 1 N–H and O–H groups in total. The van der Waals surface area contributed by atoms with Gasteiger partial charge in [0.15, 0.2) is 0 Å². The number of nitrogens with zero attached hydrogens (tertiary/aromatic N) is 1. The Morgan fingerprint density at radius 1 is 0.293 bits per heavy atom. The Hall–Kier alpha value is -2.55. The first-order valence-electron chi connectivity index (χ1n) is 15.2. The Balaban J connectivity index is 2.03. The van der Waals surface area contributed by atoms with Crippen molar-refractivity contribution in [1.82, 2.24) is 9.55 Å². The molecule has 0 aliphatic carbocycles. The van der Waals surface area contributed by atoms with Gasteiger partial charge in [0.1, 0.15) is 118 Å². The van der Waals surface area contributed by atoms with Gasteiger partial charge in [-0.1, -0.05) is 65.6 Å². The number of aromatic nitrogens is 2. The number of fused-ring (bicyclic) bond motifs is 6. The minimum absolute atomic E-state index is 1.26. The van der Waals surface area contributed by atoms with E-state index in [1.165, 1.54) is 131 Å². The normalized spacial score (nSPS) is 11.9. The molecule has 2 aromatic heterocycles. The highest BCUT2D eigenvalue weighted by Gasteiger charge is 2.27. The standard InChI is InChI=1S/C24H31B15N2/c25-5-1-2-6(26)12(32)19(39)24(21(2)40-20(1)16(36)13(33)9(5)29)41-22-3(7(27)10(30)14(34)17(22)37)4-8(28)11(31)15(35)18(38)23(4)41/h40H,25-39H2. The van der Waals surface area contributed by atoms with Gasteiger partial charge in [-0.2, -0.15) is 0 Å². The Bertz CT molecular complexity index is 2130. The number of benzene rings is 4. The van der Waals surface area contributed by atoms with E-state index in [-0.39, 0.29) is 0 Å². The largest absolute Gasteiger partial charge is 0.353 e. The highest BCUT2D eigenvalue weighted by atomic mass is 15.0. The van der Waals surface area contributed by atoms with Gasteiger partial charge < -0.3 is 9.55 Å². The maximum absolute atomic E-state index is 4.05. The molecule has 0 bridgehead atoms. The van der Waals surface area contributed by atoms with E-state index in [0.29, 0.717) is 0 Å². The Labute approximate surface area is 257 Å². The van der Waals surface area contributed by atoms with Crippen LogP contribution in [-0.2, 0) is 0 Å². The topological polar surface area (TPSA) is 20.7 Å². The minimum atomic E-state index is 1.26. The van der Waals surface area contributed by atoms with Crippen molar-refractivity contribution in [3.63, 3.8) is 0 Å². The summed E-state index contributed by atoms with van der Waals surface area (Å²) >= 11 is 0. The van der Waals surface area contributed by atoms with Gasteiger partial charge in [0.25, 0.3) is 0 Å². The molecule has 2 nitrogen and oxygen atoms in total. The van der Waals surface area contributed by atoms with E-state index in [4.69, 9.17) is 0 Å². The van der Waals surface area contributed by atoms with Crippen LogP contribution in [0.25, 0.3) is 49.3 Å². The highest BCUT2D eigenvalue weighted by molar-refractivity contribution is 6.73. The highest BCUT2D eigenvalue weighted by Crippen LogP contribution is 2.30. The number of hydrogen-bond acceptors (Lipinski definition) is 0. The fourth-order valence-corrected chi connectivity index (χ4v) is 7.85. The first kappa shape index (κ1) is 28.6. The molecule has 0 spiro atoms. The van der Waals surface area contributed by atoms with Crippen LogP contribution in [0, 0.1) is 0 Å². The second-order valence-corrected chi connectivity index (χ2v) is 13.1. The van der Waals surface area contributed by atoms with Gasteiger partial charge in [0.2, 0.25) is 0 Å². The maximum Gasteiger partial charge on any atom is 0.141 e. The van der Waals surface area contributed by atoms with Crippen LogP contribution in [0.4, 0.5) is 0 Å². The molecule has 182 valence electrons. The zero-order valence-corrected chi connectivity index (χ0v) is 27.9. The van der Waals surface area contributed by atoms with Crippen LogP contribution >= 0.6 is 0 Å². The number of rotatable bonds is 1. The lowest BCUT2D eigenvalue weighted by Gasteiger charge is -2.22. The van der Waals surface area contributed by atoms with E-state index in [9.17, 15) is 0 Å². The average Bonchev–Trinajstić information content (AvgIpc) is 3.51. The van der Waals surface area contributed by atoms with Crippen molar-refractivity contribution in [1.29, 1.82) is 0 Å². The van der Waals surface area contributed by atoms with Crippen LogP contribution in [0.2, 0.25) is 0 Å². The van der Waals surface area contributed by atoms with Crippen LogP contribution in [-0.4, -0.2) is 127 Å². The maximum atomic E-state index is 4.05. The number of hydrogen-bond donors (Lipinski definition) is 1. The predicted molar refractivity (Wildman–Crippen MR) is 233 cm³/mol. The third-order valence-electron chi connectivity index (χ3n) is 11.8. The van der Waals surface area contributed by atoms with Crippen LogP contribution in [0.15, 0.2) is 0 Å². The van der Waals surface area contributed by atoms with Crippen molar-refractivity contribution in [3.8, 4) is 5.69 Å². The summed E-state index contributed by atoms with van der Waals surface area (Å²) in [5.74, 6) is 0. The second-order valence-electron chi connectivity index (χ2n) is 13.1. The lowest BCUT2D eigenvalue weighted by Crippen LogP contribution is -2.49. The summed E-state index contributed by atoms with van der Waals surface area (Å²) in [6.07, 6.45) is 0. The summed E-state index contributed by atoms with van der Waals surface area (Å²) in [6, 6.07) is 0. The first-order valence-corrected chi connectivity index (χ1v) is 15.2. The number of nitrogens with one attached hydrogen (secondary N) is 1. The Morgan fingerprint density at radius 3 is 1.05 bits per heavy atom. The van der Waals surface area contributed by atoms with Crippen molar-refractivity contribution < 1.29 is 0 Å². The summed E-state index contributed by atoms with van der Waals surface area (Å²) in [7, 11) is 34.7. The third-order valence-corrected chi connectivity index (χ3v) is 11.8. The second kappa shape index (κ2) is 9.22. The molecule has 17 heteroatoms. The minimum Gasteiger partial charge on any atom is -0.353 e. The summed E-state index contributed by atoms with van der Waals surface area (Å²) in [4.78, 5) is 4.05. The summed E-state index contributed by atoms with van der Waals surface area (Å²) in [6.45, 7) is 0. The lowest BCUT2D eigenvalue weighted by atomic mass is 9.63. The molecule has 41 heavy (non-hydrogen) atoms. The SMILES string of the molecule is Bc1c(B)c(B)c2c([nH]c3c(-n4c5c(B)c(B)c(B)c(B)c5c5c(B)c(B)c(B)c(B)c54)c(B)c(B)c(B)c32)c1B. The molecule has 0 saturated heterocycles. The number of aromatic amines is 1. The third kappa shape index (κ3) is 3.41. The van der Waals surface area contributed by atoms with Gasteiger partial charge in [-0.25, -0.2) is 0 Å².